The minimum atomic E-state index is -0.151. The molecule has 4 aromatic rings. The molecule has 113 valence electrons. The zero-order chi connectivity index (χ0) is 16.5. The molecule has 4 aromatic carbocycles. The van der Waals surface area contributed by atoms with Crippen LogP contribution in [0.5, 0.6) is 0 Å². The van der Waals surface area contributed by atoms with Crippen LogP contribution in [0.25, 0.3) is 21.5 Å². The Hall–Kier alpha value is -3.26. The largest absolute Gasteiger partial charge is 0.289 e. The summed E-state index contributed by atoms with van der Waals surface area (Å²) in [4.78, 5) is 24.7. The smallest absolute Gasteiger partial charge is 0.234 e. The van der Waals surface area contributed by atoms with Crippen molar-refractivity contribution in [1.82, 2.24) is 0 Å². The van der Waals surface area contributed by atoms with Crippen LogP contribution in [-0.2, 0) is 4.79 Å². The van der Waals surface area contributed by atoms with Crippen molar-refractivity contribution in [2.75, 3.05) is 0 Å². The van der Waals surface area contributed by atoms with Crippen LogP contribution < -0.4 is 0 Å². The third-order valence-electron chi connectivity index (χ3n) is 4.30. The Balaban J connectivity index is 2.03. The van der Waals surface area contributed by atoms with Crippen LogP contribution in [0.3, 0.4) is 0 Å². The van der Waals surface area contributed by atoms with Gasteiger partial charge in [0.1, 0.15) is 0 Å². The average molecular weight is 309 g/mol. The number of fused-ring (bicyclic) bond motifs is 2. The van der Waals surface area contributed by atoms with Crippen molar-refractivity contribution in [2.24, 2.45) is 0 Å². The second-order valence-electron chi connectivity index (χ2n) is 5.67. The summed E-state index contributed by atoms with van der Waals surface area (Å²) in [6.07, 6.45) is 1.92. The third-order valence-corrected chi connectivity index (χ3v) is 4.30. The van der Waals surface area contributed by atoms with E-state index in [1.807, 2.05) is 73.0 Å². The monoisotopic (exact) mass is 309 g/mol. The molecule has 0 aromatic heterocycles. The summed E-state index contributed by atoms with van der Waals surface area (Å²) in [6, 6.07) is 24.5. The molecular formula is C22H13O2. The number of benzene rings is 4. The molecule has 0 aliphatic heterocycles. The first-order chi connectivity index (χ1) is 11.8. The van der Waals surface area contributed by atoms with Gasteiger partial charge in [-0.05, 0) is 27.6 Å². The number of hydrogen-bond donors (Lipinski definition) is 0. The fourth-order valence-electron chi connectivity index (χ4n) is 3.16. The molecule has 1 radical (unpaired) electrons. The van der Waals surface area contributed by atoms with E-state index in [9.17, 15) is 9.59 Å². The third kappa shape index (κ3) is 2.20. The van der Waals surface area contributed by atoms with E-state index < -0.39 is 0 Å². The summed E-state index contributed by atoms with van der Waals surface area (Å²) < 4.78 is 0. The fourth-order valence-corrected chi connectivity index (χ4v) is 3.16. The van der Waals surface area contributed by atoms with E-state index in [1.165, 1.54) is 0 Å². The predicted octanol–water partition coefficient (Wildman–Crippen LogP) is 4.68. The van der Waals surface area contributed by atoms with Crippen molar-refractivity contribution in [3.05, 3.63) is 95.6 Å². The Labute approximate surface area is 139 Å². The highest BCUT2D eigenvalue weighted by atomic mass is 16.1. The van der Waals surface area contributed by atoms with Crippen LogP contribution in [0.4, 0.5) is 0 Å². The van der Waals surface area contributed by atoms with Gasteiger partial charge in [-0.3, -0.25) is 9.59 Å². The van der Waals surface area contributed by atoms with Crippen LogP contribution in [-0.4, -0.2) is 12.1 Å². The lowest BCUT2D eigenvalue weighted by Crippen LogP contribution is -2.07. The number of rotatable bonds is 3. The number of carbonyl (C=O) groups is 1. The SMILES string of the molecule is O=[C]c1ccc2ccccc2c1C(=O)c1cccc2ccccc12. The van der Waals surface area contributed by atoms with Gasteiger partial charge in [0.2, 0.25) is 6.29 Å². The van der Waals surface area contributed by atoms with Gasteiger partial charge < -0.3 is 0 Å². The Bertz CT molecular complexity index is 1090. The topological polar surface area (TPSA) is 34.1 Å². The van der Waals surface area contributed by atoms with Gasteiger partial charge in [-0.15, -0.1) is 0 Å². The molecule has 2 heteroatoms. The quantitative estimate of drug-likeness (QED) is 0.515. The van der Waals surface area contributed by atoms with Crippen LogP contribution in [0.2, 0.25) is 0 Å². The first-order valence-electron chi connectivity index (χ1n) is 7.72. The van der Waals surface area contributed by atoms with Crippen LogP contribution in [0, 0.1) is 0 Å². The lowest BCUT2D eigenvalue weighted by atomic mass is 9.91. The summed E-state index contributed by atoms with van der Waals surface area (Å²) in [7, 11) is 0. The van der Waals surface area contributed by atoms with E-state index in [1.54, 1.807) is 12.1 Å². The van der Waals surface area contributed by atoms with Crippen molar-refractivity contribution in [3.63, 3.8) is 0 Å². The van der Waals surface area contributed by atoms with Crippen molar-refractivity contribution < 1.29 is 9.59 Å². The normalized spacial score (nSPS) is 10.8. The van der Waals surface area contributed by atoms with Crippen molar-refractivity contribution >= 4 is 33.6 Å². The Kier molecular flexibility index (Phi) is 3.43. The first-order valence-corrected chi connectivity index (χ1v) is 7.72. The molecule has 0 fully saturated rings. The van der Waals surface area contributed by atoms with Crippen LogP contribution in [0.1, 0.15) is 21.5 Å². The van der Waals surface area contributed by atoms with E-state index >= 15 is 0 Å². The lowest BCUT2D eigenvalue weighted by molar-refractivity contribution is 0.104. The van der Waals surface area contributed by atoms with E-state index in [2.05, 4.69) is 0 Å². The number of carbonyl (C=O) groups excluding carboxylic acids is 2. The second kappa shape index (κ2) is 5.74. The molecule has 0 unspecified atom stereocenters. The van der Waals surface area contributed by atoms with Crippen molar-refractivity contribution in [3.8, 4) is 0 Å². The zero-order valence-corrected chi connectivity index (χ0v) is 12.8. The minimum absolute atomic E-state index is 0.151. The Morgan fingerprint density at radius 1 is 0.667 bits per heavy atom. The van der Waals surface area contributed by atoms with Gasteiger partial charge in [-0.2, -0.15) is 0 Å². The van der Waals surface area contributed by atoms with Gasteiger partial charge in [0.05, 0.1) is 0 Å². The Morgan fingerprint density at radius 3 is 2.04 bits per heavy atom. The van der Waals surface area contributed by atoms with E-state index in [4.69, 9.17) is 0 Å². The predicted molar refractivity (Wildman–Crippen MR) is 96.1 cm³/mol. The maximum atomic E-state index is 13.3. The van der Waals surface area contributed by atoms with Gasteiger partial charge in [0.15, 0.2) is 5.78 Å². The Morgan fingerprint density at radius 2 is 1.29 bits per heavy atom. The van der Waals surface area contributed by atoms with Gasteiger partial charge >= 0.3 is 0 Å². The highest BCUT2D eigenvalue weighted by Gasteiger charge is 2.19. The molecule has 0 bridgehead atoms. The molecule has 0 aliphatic carbocycles. The van der Waals surface area contributed by atoms with Gasteiger partial charge in [-0.1, -0.05) is 72.8 Å². The highest BCUT2D eigenvalue weighted by molar-refractivity contribution is 6.24. The summed E-state index contributed by atoms with van der Waals surface area (Å²) in [6.45, 7) is 0. The molecule has 0 heterocycles. The van der Waals surface area contributed by atoms with Crippen LogP contribution >= 0.6 is 0 Å². The molecule has 4 rings (SSSR count). The van der Waals surface area contributed by atoms with Crippen molar-refractivity contribution in [1.29, 1.82) is 0 Å². The van der Waals surface area contributed by atoms with E-state index in [0.717, 1.165) is 21.5 Å². The summed E-state index contributed by atoms with van der Waals surface area (Å²) in [5, 5.41) is 3.59. The molecule has 0 saturated carbocycles. The lowest BCUT2D eigenvalue weighted by Gasteiger charge is -2.10. The van der Waals surface area contributed by atoms with Gasteiger partial charge in [0.25, 0.3) is 0 Å². The van der Waals surface area contributed by atoms with Gasteiger partial charge in [0, 0.05) is 16.7 Å². The molecule has 0 N–H and O–H groups in total. The summed E-state index contributed by atoms with van der Waals surface area (Å²) in [5.74, 6) is -0.151. The first kappa shape index (κ1) is 14.3. The minimum Gasteiger partial charge on any atom is -0.289 e. The maximum Gasteiger partial charge on any atom is 0.234 e. The molecule has 0 atom stereocenters. The molecule has 2 nitrogen and oxygen atoms in total. The zero-order valence-electron chi connectivity index (χ0n) is 12.8. The molecular weight excluding hydrogens is 296 g/mol. The average Bonchev–Trinajstić information content (AvgIpc) is 2.66. The summed E-state index contributed by atoms with van der Waals surface area (Å²) in [5.41, 5.74) is 1.31. The van der Waals surface area contributed by atoms with Gasteiger partial charge in [-0.25, -0.2) is 0 Å². The van der Waals surface area contributed by atoms with Crippen molar-refractivity contribution in [2.45, 2.75) is 0 Å². The molecule has 0 amide bonds. The van der Waals surface area contributed by atoms with Crippen LogP contribution in [0.15, 0.2) is 78.9 Å². The maximum absolute atomic E-state index is 13.3. The second-order valence-corrected chi connectivity index (χ2v) is 5.67. The molecule has 0 aliphatic rings. The molecule has 0 saturated heterocycles. The van der Waals surface area contributed by atoms with E-state index in [0.29, 0.717) is 16.7 Å². The molecule has 0 spiro atoms. The summed E-state index contributed by atoms with van der Waals surface area (Å²) >= 11 is 0. The molecule has 24 heavy (non-hydrogen) atoms. The van der Waals surface area contributed by atoms with E-state index in [-0.39, 0.29) is 5.78 Å². The number of hydrogen-bond acceptors (Lipinski definition) is 2. The number of ketones is 1. The highest BCUT2D eigenvalue weighted by Crippen LogP contribution is 2.27. The standard InChI is InChI=1S/C22H13O2/c23-14-17-13-12-16-7-2-4-10-19(16)21(17)22(24)20-11-5-8-15-6-1-3-9-18(15)20/h1-13H. The fraction of sp³-hybridized carbons (Fsp3) is 0.